The number of halogens is 3. The van der Waals surface area contributed by atoms with Gasteiger partial charge in [0.15, 0.2) is 6.61 Å². The number of alkyl halides is 3. The predicted octanol–water partition coefficient (Wildman–Crippen LogP) is 4.23. The van der Waals surface area contributed by atoms with Crippen molar-refractivity contribution < 1.29 is 37.0 Å². The molecule has 12 heteroatoms. The van der Waals surface area contributed by atoms with Gasteiger partial charge in [-0.2, -0.15) is 18.3 Å². The van der Waals surface area contributed by atoms with E-state index < -0.39 is 30.2 Å². The van der Waals surface area contributed by atoms with E-state index in [-0.39, 0.29) is 30.5 Å². The van der Waals surface area contributed by atoms with Crippen LogP contribution in [-0.4, -0.2) is 44.2 Å². The molecule has 1 heterocycles. The van der Waals surface area contributed by atoms with Crippen LogP contribution < -0.4 is 25.1 Å². The van der Waals surface area contributed by atoms with Crippen LogP contribution in [0.2, 0.25) is 0 Å². The standard InChI is InChI=1S/C28H25F3N4O5/c1-39-23-11-7-22(8-12-23)35-16-19(13-26(35)37)27(38)34-32-15-18-5-9-24(10-6-18)40-17-25(36)33-21-4-2-3-20(14-21)28(29,30)31/h2-12,14-15,19H,13,16-17H2,1H3,(H,33,36)(H,34,38)/b32-15+/t19-/m1/s1. The molecular formula is C28H25F3N4O5. The fraction of sp³-hybridized carbons (Fsp3) is 0.214. The van der Waals surface area contributed by atoms with Crippen LogP contribution >= 0.6 is 0 Å². The van der Waals surface area contributed by atoms with Gasteiger partial charge < -0.3 is 19.7 Å². The highest BCUT2D eigenvalue weighted by atomic mass is 19.4. The molecule has 1 saturated heterocycles. The quantitative estimate of drug-likeness (QED) is 0.304. The Labute approximate surface area is 227 Å². The third kappa shape index (κ3) is 7.37. The molecule has 3 aromatic rings. The average Bonchev–Trinajstić information content (AvgIpc) is 3.34. The van der Waals surface area contributed by atoms with Crippen molar-refractivity contribution in [2.45, 2.75) is 12.6 Å². The SMILES string of the molecule is COc1ccc(N2C[C@H](C(=O)N/N=C/c3ccc(OCC(=O)Nc4cccc(C(F)(F)F)c4)cc3)CC2=O)cc1. The smallest absolute Gasteiger partial charge is 0.416 e. The van der Waals surface area contributed by atoms with E-state index in [1.807, 2.05) is 0 Å². The molecule has 1 aliphatic heterocycles. The van der Waals surface area contributed by atoms with Crippen molar-refractivity contribution in [1.29, 1.82) is 0 Å². The predicted molar refractivity (Wildman–Crippen MR) is 141 cm³/mol. The van der Waals surface area contributed by atoms with Crippen LogP contribution in [0.15, 0.2) is 77.9 Å². The van der Waals surface area contributed by atoms with E-state index in [0.29, 0.717) is 22.7 Å². The average molecular weight is 555 g/mol. The summed E-state index contributed by atoms with van der Waals surface area (Å²) in [7, 11) is 1.55. The van der Waals surface area contributed by atoms with Gasteiger partial charge in [-0.1, -0.05) is 6.07 Å². The maximum Gasteiger partial charge on any atom is 0.416 e. The van der Waals surface area contributed by atoms with Crippen LogP contribution in [0.5, 0.6) is 11.5 Å². The van der Waals surface area contributed by atoms with Gasteiger partial charge in [-0.25, -0.2) is 5.43 Å². The van der Waals surface area contributed by atoms with E-state index in [1.54, 1.807) is 60.5 Å². The molecule has 0 radical (unpaired) electrons. The molecule has 3 amide bonds. The van der Waals surface area contributed by atoms with Gasteiger partial charge in [0.25, 0.3) is 5.91 Å². The number of amides is 3. The minimum atomic E-state index is -4.51. The summed E-state index contributed by atoms with van der Waals surface area (Å²) in [4.78, 5) is 38.5. The molecule has 1 fully saturated rings. The number of hydrazone groups is 1. The molecular weight excluding hydrogens is 529 g/mol. The van der Waals surface area contributed by atoms with E-state index in [2.05, 4.69) is 15.8 Å². The molecule has 9 nitrogen and oxygen atoms in total. The first-order valence-corrected chi connectivity index (χ1v) is 12.1. The number of methoxy groups -OCH3 is 1. The summed E-state index contributed by atoms with van der Waals surface area (Å²) < 4.78 is 49.0. The molecule has 0 unspecified atom stereocenters. The van der Waals surface area contributed by atoms with Crippen LogP contribution in [0.3, 0.4) is 0 Å². The van der Waals surface area contributed by atoms with Crippen LogP contribution in [-0.2, 0) is 20.6 Å². The lowest BCUT2D eigenvalue weighted by atomic mass is 10.1. The summed E-state index contributed by atoms with van der Waals surface area (Å²) in [6.07, 6.45) is -3.03. The largest absolute Gasteiger partial charge is 0.497 e. The third-order valence-corrected chi connectivity index (χ3v) is 5.99. The molecule has 0 aliphatic carbocycles. The Balaban J connectivity index is 1.22. The summed E-state index contributed by atoms with van der Waals surface area (Å²) in [5.41, 5.74) is 2.90. The Morgan fingerprint density at radius 1 is 1.05 bits per heavy atom. The molecule has 0 aromatic heterocycles. The van der Waals surface area contributed by atoms with Crippen molar-refractivity contribution >= 4 is 35.3 Å². The van der Waals surface area contributed by atoms with Crippen LogP contribution in [0.25, 0.3) is 0 Å². The first kappa shape index (κ1) is 28.1. The molecule has 4 rings (SSSR count). The van der Waals surface area contributed by atoms with Crippen LogP contribution in [0, 0.1) is 5.92 Å². The van der Waals surface area contributed by atoms with Crippen molar-refractivity contribution in [3.05, 3.63) is 83.9 Å². The molecule has 0 bridgehead atoms. The summed E-state index contributed by atoms with van der Waals surface area (Å²) in [5, 5.41) is 6.31. The minimum absolute atomic E-state index is 0.00689. The summed E-state index contributed by atoms with van der Waals surface area (Å²) in [6, 6.07) is 17.7. The lowest BCUT2D eigenvalue weighted by Crippen LogP contribution is -2.30. The van der Waals surface area contributed by atoms with Gasteiger partial charge >= 0.3 is 6.18 Å². The molecule has 2 N–H and O–H groups in total. The number of anilines is 2. The van der Waals surface area contributed by atoms with E-state index in [9.17, 15) is 27.6 Å². The first-order chi connectivity index (χ1) is 19.1. The number of hydrogen-bond donors (Lipinski definition) is 2. The summed E-state index contributed by atoms with van der Waals surface area (Å²) in [5.74, 6) is -0.699. The second kappa shape index (κ2) is 12.3. The number of rotatable bonds is 9. The Bertz CT molecular complexity index is 1390. The Hall–Kier alpha value is -4.87. The number of ether oxygens (including phenoxy) is 2. The number of carbonyl (C=O) groups is 3. The van der Waals surface area contributed by atoms with Crippen LogP contribution in [0.1, 0.15) is 17.5 Å². The zero-order valence-electron chi connectivity index (χ0n) is 21.3. The highest BCUT2D eigenvalue weighted by Crippen LogP contribution is 2.31. The van der Waals surface area contributed by atoms with Crippen molar-refractivity contribution in [3.8, 4) is 11.5 Å². The third-order valence-electron chi connectivity index (χ3n) is 5.99. The topological polar surface area (TPSA) is 109 Å². The molecule has 208 valence electrons. The zero-order chi connectivity index (χ0) is 28.7. The van der Waals surface area contributed by atoms with Crippen LogP contribution in [0.4, 0.5) is 24.5 Å². The minimum Gasteiger partial charge on any atom is -0.497 e. The number of carbonyl (C=O) groups excluding carboxylic acids is 3. The molecule has 1 aliphatic rings. The number of nitrogens with one attached hydrogen (secondary N) is 2. The van der Waals surface area contributed by atoms with Crippen molar-refractivity contribution in [3.63, 3.8) is 0 Å². The fourth-order valence-electron chi connectivity index (χ4n) is 3.93. The molecule has 0 spiro atoms. The number of nitrogens with zero attached hydrogens (tertiary/aromatic N) is 2. The molecule has 3 aromatic carbocycles. The summed E-state index contributed by atoms with van der Waals surface area (Å²) >= 11 is 0. The van der Waals surface area contributed by atoms with Crippen molar-refractivity contribution in [1.82, 2.24) is 5.43 Å². The Morgan fingerprint density at radius 2 is 1.75 bits per heavy atom. The van der Waals surface area contributed by atoms with Gasteiger partial charge in [-0.3, -0.25) is 14.4 Å². The Morgan fingerprint density at radius 3 is 2.42 bits per heavy atom. The highest BCUT2D eigenvalue weighted by molar-refractivity contribution is 6.00. The zero-order valence-corrected chi connectivity index (χ0v) is 21.3. The van der Waals surface area contributed by atoms with Gasteiger partial charge in [0, 0.05) is 24.3 Å². The van der Waals surface area contributed by atoms with Gasteiger partial charge in [-0.15, -0.1) is 0 Å². The first-order valence-electron chi connectivity index (χ1n) is 12.1. The molecule has 40 heavy (non-hydrogen) atoms. The highest BCUT2D eigenvalue weighted by Gasteiger charge is 2.35. The van der Waals surface area contributed by atoms with Gasteiger partial charge in [-0.05, 0) is 72.3 Å². The normalized spacial score (nSPS) is 15.2. The maximum atomic E-state index is 12.8. The Kier molecular flexibility index (Phi) is 8.67. The number of hydrogen-bond acceptors (Lipinski definition) is 6. The van der Waals surface area contributed by atoms with E-state index in [0.717, 1.165) is 12.1 Å². The fourth-order valence-corrected chi connectivity index (χ4v) is 3.93. The lowest BCUT2D eigenvalue weighted by molar-refractivity contribution is -0.137. The summed E-state index contributed by atoms with van der Waals surface area (Å²) in [6.45, 7) is -0.173. The van der Waals surface area contributed by atoms with Gasteiger partial charge in [0.2, 0.25) is 11.8 Å². The van der Waals surface area contributed by atoms with Gasteiger partial charge in [0.1, 0.15) is 11.5 Å². The lowest BCUT2D eigenvalue weighted by Gasteiger charge is -2.16. The van der Waals surface area contributed by atoms with Crippen molar-refractivity contribution in [2.24, 2.45) is 11.0 Å². The van der Waals surface area contributed by atoms with E-state index in [4.69, 9.17) is 9.47 Å². The second-order valence-corrected chi connectivity index (χ2v) is 8.82. The van der Waals surface area contributed by atoms with Crippen molar-refractivity contribution in [2.75, 3.05) is 30.5 Å². The maximum absolute atomic E-state index is 12.8. The van der Waals surface area contributed by atoms with Gasteiger partial charge in [0.05, 0.1) is 24.8 Å². The monoisotopic (exact) mass is 554 g/mol. The van der Waals surface area contributed by atoms with E-state index >= 15 is 0 Å². The molecule has 1 atom stereocenters. The molecule has 0 saturated carbocycles. The number of benzene rings is 3. The van der Waals surface area contributed by atoms with E-state index in [1.165, 1.54) is 18.3 Å². The second-order valence-electron chi connectivity index (χ2n) is 8.82.